The summed E-state index contributed by atoms with van der Waals surface area (Å²) in [6, 6.07) is 9.59. The zero-order chi connectivity index (χ0) is 28.2. The van der Waals surface area contributed by atoms with Gasteiger partial charge in [0.25, 0.3) is 5.91 Å². The van der Waals surface area contributed by atoms with Gasteiger partial charge in [-0.1, -0.05) is 23.2 Å². The summed E-state index contributed by atoms with van der Waals surface area (Å²) in [5.41, 5.74) is 3.46. The maximum Gasteiger partial charge on any atom is 0.256 e. The molecule has 3 aliphatic rings. The molecule has 2 N–H and O–H groups in total. The van der Waals surface area contributed by atoms with Crippen molar-refractivity contribution in [3.63, 3.8) is 0 Å². The second-order valence-electron chi connectivity index (χ2n) is 10.6. The molecule has 1 aromatic carbocycles. The molecular formula is C30H31Cl2N7O2. The van der Waals surface area contributed by atoms with E-state index in [0.29, 0.717) is 53.9 Å². The van der Waals surface area contributed by atoms with Gasteiger partial charge in [-0.15, -0.1) is 0 Å². The lowest BCUT2D eigenvalue weighted by molar-refractivity contribution is 0.0679. The van der Waals surface area contributed by atoms with Crippen LogP contribution in [0, 0.1) is 11.8 Å². The molecule has 0 saturated carbocycles. The number of ether oxygens (including phenoxy) is 1. The fourth-order valence-corrected chi connectivity index (χ4v) is 5.85. The zero-order valence-electron chi connectivity index (χ0n) is 22.5. The number of carbonyl (C=O) groups is 1. The molecule has 3 aromatic rings. The number of nitrogens with one attached hydrogen (secondary N) is 2. The third-order valence-electron chi connectivity index (χ3n) is 7.81. The first-order valence-corrected chi connectivity index (χ1v) is 14.7. The van der Waals surface area contributed by atoms with E-state index >= 15 is 0 Å². The molecule has 1 fully saturated rings. The Morgan fingerprint density at radius 1 is 1.10 bits per heavy atom. The fraction of sp³-hybridized carbons (Fsp3) is 0.367. The average Bonchev–Trinajstić information content (AvgIpc) is 2.99. The Labute approximate surface area is 249 Å². The van der Waals surface area contributed by atoms with Crippen LogP contribution in [-0.4, -0.2) is 51.7 Å². The number of anilines is 3. The number of fused-ring (bicyclic) bond motifs is 6. The van der Waals surface area contributed by atoms with Crippen LogP contribution in [0.25, 0.3) is 0 Å². The van der Waals surface area contributed by atoms with Gasteiger partial charge in [-0.2, -0.15) is 4.98 Å². The predicted octanol–water partition coefficient (Wildman–Crippen LogP) is 6.53. The van der Waals surface area contributed by atoms with Crippen LogP contribution in [0.4, 0.5) is 17.5 Å². The quantitative estimate of drug-likeness (QED) is 0.325. The van der Waals surface area contributed by atoms with Crippen LogP contribution in [0.15, 0.2) is 59.6 Å². The van der Waals surface area contributed by atoms with Crippen molar-refractivity contribution >= 4 is 52.8 Å². The van der Waals surface area contributed by atoms with Crippen molar-refractivity contribution in [3.05, 3.63) is 75.9 Å². The number of likely N-dealkylation sites (tertiary alicyclic amines) is 1. The van der Waals surface area contributed by atoms with Crippen LogP contribution in [0.1, 0.15) is 48.0 Å². The summed E-state index contributed by atoms with van der Waals surface area (Å²) in [4.78, 5) is 32.1. The van der Waals surface area contributed by atoms with Gasteiger partial charge in [0.2, 0.25) is 5.95 Å². The first-order valence-electron chi connectivity index (χ1n) is 14.0. The van der Waals surface area contributed by atoms with E-state index in [4.69, 9.17) is 27.9 Å². The van der Waals surface area contributed by atoms with Crippen LogP contribution in [-0.2, 0) is 6.42 Å². The normalized spacial score (nSPS) is 18.6. The molecule has 1 saturated heterocycles. The molecule has 1 amide bonds. The van der Waals surface area contributed by atoms with Gasteiger partial charge in [-0.25, -0.2) is 9.97 Å². The molecule has 0 radical (unpaired) electrons. The Morgan fingerprint density at radius 3 is 2.83 bits per heavy atom. The maximum absolute atomic E-state index is 12.9. The monoisotopic (exact) mass is 591 g/mol. The Bertz CT molecular complexity index is 1490. The van der Waals surface area contributed by atoms with Gasteiger partial charge in [-0.3, -0.25) is 9.79 Å². The molecule has 6 rings (SSSR count). The first kappa shape index (κ1) is 27.5. The topological polar surface area (TPSA) is 105 Å². The highest BCUT2D eigenvalue weighted by Gasteiger charge is 2.25. The average molecular weight is 593 g/mol. The lowest BCUT2D eigenvalue weighted by Gasteiger charge is -2.32. The number of benzene rings is 1. The lowest BCUT2D eigenvalue weighted by atomic mass is 9.93. The minimum atomic E-state index is -0.0487. The number of hydrogen-bond acceptors (Lipinski definition) is 8. The highest BCUT2D eigenvalue weighted by atomic mass is 35.5. The third-order valence-corrected chi connectivity index (χ3v) is 8.39. The summed E-state index contributed by atoms with van der Waals surface area (Å²) in [5.74, 6) is 2.66. The summed E-state index contributed by atoms with van der Waals surface area (Å²) in [6.45, 7) is 2.04. The molecule has 5 heterocycles. The van der Waals surface area contributed by atoms with Crippen molar-refractivity contribution in [1.29, 1.82) is 0 Å². The fourth-order valence-electron chi connectivity index (χ4n) is 5.51. The highest BCUT2D eigenvalue weighted by Crippen LogP contribution is 2.32. The number of carbonyl (C=O) groups excluding carboxylic acids is 1. The largest absolute Gasteiger partial charge is 0.493 e. The summed E-state index contributed by atoms with van der Waals surface area (Å²) in [5, 5.41) is 7.32. The molecule has 0 spiro atoms. The summed E-state index contributed by atoms with van der Waals surface area (Å²) < 4.78 is 6.36. The lowest BCUT2D eigenvalue weighted by Crippen LogP contribution is -2.39. The number of pyridine rings is 1. The van der Waals surface area contributed by atoms with E-state index in [2.05, 4.69) is 36.6 Å². The Morgan fingerprint density at radius 2 is 1.98 bits per heavy atom. The van der Waals surface area contributed by atoms with E-state index in [1.807, 2.05) is 29.4 Å². The van der Waals surface area contributed by atoms with Gasteiger partial charge >= 0.3 is 0 Å². The van der Waals surface area contributed by atoms with Gasteiger partial charge in [0.15, 0.2) is 5.82 Å². The van der Waals surface area contributed by atoms with Gasteiger partial charge in [0.1, 0.15) is 15.9 Å². The van der Waals surface area contributed by atoms with E-state index in [1.54, 1.807) is 24.5 Å². The molecule has 1 unspecified atom stereocenters. The van der Waals surface area contributed by atoms with Gasteiger partial charge in [-0.05, 0) is 80.3 Å². The molecule has 0 aliphatic carbocycles. The molecular weight excluding hydrogens is 561 g/mol. The summed E-state index contributed by atoms with van der Waals surface area (Å²) >= 11 is 12.5. The SMILES string of the molecule is O=C(c1cccnc1Cl)N1CCC(CCOc2ccc3cc2CCC2C=NC=C(C2)Nc2ncc(Cl)c(n2)N3)CC1. The molecule has 3 aliphatic heterocycles. The maximum atomic E-state index is 12.9. The number of hydrogen-bond donors (Lipinski definition) is 2. The second-order valence-corrected chi connectivity index (χ2v) is 11.4. The zero-order valence-corrected chi connectivity index (χ0v) is 24.0. The number of amides is 1. The number of piperidine rings is 1. The third kappa shape index (κ3) is 6.63. The number of nitrogens with zero attached hydrogens (tertiary/aromatic N) is 5. The van der Waals surface area contributed by atoms with Crippen LogP contribution in [0.2, 0.25) is 10.2 Å². The number of halogens is 2. The van der Waals surface area contributed by atoms with Crippen LogP contribution < -0.4 is 15.4 Å². The van der Waals surface area contributed by atoms with E-state index in [9.17, 15) is 4.79 Å². The van der Waals surface area contributed by atoms with Crippen molar-refractivity contribution in [1.82, 2.24) is 19.9 Å². The second kappa shape index (κ2) is 12.4. The number of aliphatic imine (C=N–C) groups is 1. The van der Waals surface area contributed by atoms with Crippen molar-refractivity contribution in [3.8, 4) is 5.75 Å². The number of aryl methyl sites for hydroxylation is 1. The number of rotatable bonds is 5. The minimum Gasteiger partial charge on any atom is -0.493 e. The molecule has 9 nitrogen and oxygen atoms in total. The smallest absolute Gasteiger partial charge is 0.256 e. The van der Waals surface area contributed by atoms with Crippen molar-refractivity contribution in [2.24, 2.45) is 16.8 Å². The molecule has 1 atom stereocenters. The minimum absolute atomic E-state index is 0.0487. The molecule has 6 bridgehead atoms. The summed E-state index contributed by atoms with van der Waals surface area (Å²) in [7, 11) is 0. The molecule has 41 heavy (non-hydrogen) atoms. The van der Waals surface area contributed by atoms with E-state index < -0.39 is 0 Å². The predicted molar refractivity (Wildman–Crippen MR) is 161 cm³/mol. The standard InChI is InChI=1S/C30H31Cl2N7O2/c31-25-18-35-30-37-23-14-20(16-33-17-23)3-4-21-15-22(36-28(25)38-30)5-6-26(21)41-13-9-19-7-11-39(12-8-19)29(40)24-2-1-10-34-27(24)32/h1-2,5-6,10,15-20H,3-4,7-9,11-14H2,(H2,35,36,37,38). The van der Waals surface area contributed by atoms with Gasteiger partial charge in [0, 0.05) is 49.0 Å². The van der Waals surface area contributed by atoms with Gasteiger partial charge in [0.05, 0.1) is 18.4 Å². The van der Waals surface area contributed by atoms with Crippen molar-refractivity contribution in [2.45, 2.75) is 38.5 Å². The first-order chi connectivity index (χ1) is 20.0. The molecule has 11 heteroatoms. The van der Waals surface area contributed by atoms with E-state index in [-0.39, 0.29) is 11.1 Å². The molecule has 212 valence electrons. The van der Waals surface area contributed by atoms with Crippen molar-refractivity contribution < 1.29 is 9.53 Å². The Hall–Kier alpha value is -3.69. The van der Waals surface area contributed by atoms with E-state index in [1.165, 1.54) is 0 Å². The van der Waals surface area contributed by atoms with E-state index in [0.717, 1.165) is 61.2 Å². The van der Waals surface area contributed by atoms with Gasteiger partial charge < -0.3 is 20.3 Å². The number of allylic oxidation sites excluding steroid dienone is 1. The molecule has 2 aromatic heterocycles. The Kier molecular flexibility index (Phi) is 8.34. The summed E-state index contributed by atoms with van der Waals surface area (Å²) in [6.07, 6.45) is 12.5. The number of aromatic nitrogens is 3. The highest BCUT2D eigenvalue weighted by molar-refractivity contribution is 6.33. The van der Waals surface area contributed by atoms with Crippen LogP contribution >= 0.6 is 23.2 Å². The van der Waals surface area contributed by atoms with Crippen LogP contribution in [0.5, 0.6) is 5.75 Å². The van der Waals surface area contributed by atoms with Crippen LogP contribution in [0.3, 0.4) is 0 Å². The van der Waals surface area contributed by atoms with Crippen molar-refractivity contribution in [2.75, 3.05) is 30.3 Å². The Balaban J connectivity index is 1.09.